The van der Waals surface area contributed by atoms with E-state index in [1.165, 1.54) is 31.4 Å². The molecule has 0 spiro atoms. The molecule has 0 radical (unpaired) electrons. The standard InChI is InChI=1S/C14H18FNO/c1-10-7-8-11(15)9-13(10)14(17)16-12-5-3-2-4-6-12/h7-9,12H,2-6H2,1H3,(H,16,17). The molecule has 1 aliphatic carbocycles. The zero-order chi connectivity index (χ0) is 12.3. The third-order valence-electron chi connectivity index (χ3n) is 3.38. The van der Waals surface area contributed by atoms with Gasteiger partial charge in [-0.25, -0.2) is 4.39 Å². The molecule has 0 aliphatic heterocycles. The highest BCUT2D eigenvalue weighted by Gasteiger charge is 2.17. The summed E-state index contributed by atoms with van der Waals surface area (Å²) in [5.41, 5.74) is 1.27. The van der Waals surface area contributed by atoms with Gasteiger partial charge in [-0.2, -0.15) is 0 Å². The molecule has 0 bridgehead atoms. The molecule has 1 saturated carbocycles. The molecule has 0 aromatic heterocycles. The highest BCUT2D eigenvalue weighted by molar-refractivity contribution is 5.95. The first-order valence-corrected chi connectivity index (χ1v) is 6.24. The number of rotatable bonds is 2. The first-order valence-electron chi connectivity index (χ1n) is 6.24. The van der Waals surface area contributed by atoms with Crippen molar-refractivity contribution in [3.63, 3.8) is 0 Å². The number of benzene rings is 1. The third-order valence-corrected chi connectivity index (χ3v) is 3.38. The van der Waals surface area contributed by atoms with Crippen molar-refractivity contribution in [2.24, 2.45) is 0 Å². The maximum absolute atomic E-state index is 13.1. The number of aryl methyl sites for hydroxylation is 1. The predicted molar refractivity (Wildman–Crippen MR) is 65.5 cm³/mol. The summed E-state index contributed by atoms with van der Waals surface area (Å²) in [5.74, 6) is -0.502. The quantitative estimate of drug-likeness (QED) is 0.838. The van der Waals surface area contributed by atoms with Crippen LogP contribution in [0.1, 0.15) is 48.0 Å². The molecule has 2 rings (SSSR count). The van der Waals surface area contributed by atoms with Crippen LogP contribution in [-0.2, 0) is 0 Å². The Balaban J connectivity index is 2.05. The molecule has 92 valence electrons. The van der Waals surface area contributed by atoms with E-state index in [4.69, 9.17) is 0 Å². The van der Waals surface area contributed by atoms with Crippen molar-refractivity contribution in [3.05, 3.63) is 35.1 Å². The maximum atomic E-state index is 13.1. The van der Waals surface area contributed by atoms with E-state index < -0.39 is 0 Å². The van der Waals surface area contributed by atoms with E-state index in [0.29, 0.717) is 5.56 Å². The molecular weight excluding hydrogens is 217 g/mol. The summed E-state index contributed by atoms with van der Waals surface area (Å²) in [4.78, 5) is 12.0. The molecule has 3 heteroatoms. The van der Waals surface area contributed by atoms with Crippen LogP contribution in [-0.4, -0.2) is 11.9 Å². The van der Waals surface area contributed by atoms with Gasteiger partial charge in [0, 0.05) is 11.6 Å². The van der Waals surface area contributed by atoms with Gasteiger partial charge in [-0.3, -0.25) is 4.79 Å². The van der Waals surface area contributed by atoms with Gasteiger partial charge in [0.15, 0.2) is 0 Å². The van der Waals surface area contributed by atoms with Crippen LogP contribution in [0.25, 0.3) is 0 Å². The molecule has 17 heavy (non-hydrogen) atoms. The average molecular weight is 235 g/mol. The van der Waals surface area contributed by atoms with Crippen LogP contribution in [0, 0.1) is 12.7 Å². The van der Waals surface area contributed by atoms with Gasteiger partial charge in [0.05, 0.1) is 0 Å². The van der Waals surface area contributed by atoms with Gasteiger partial charge in [0.2, 0.25) is 0 Å². The topological polar surface area (TPSA) is 29.1 Å². The van der Waals surface area contributed by atoms with Crippen LogP contribution >= 0.6 is 0 Å². The number of carbonyl (C=O) groups excluding carboxylic acids is 1. The lowest BCUT2D eigenvalue weighted by molar-refractivity contribution is 0.0926. The zero-order valence-corrected chi connectivity index (χ0v) is 10.1. The Morgan fingerprint density at radius 2 is 2.00 bits per heavy atom. The van der Waals surface area contributed by atoms with Crippen LogP contribution in [0.5, 0.6) is 0 Å². The number of hydrogen-bond donors (Lipinski definition) is 1. The molecule has 0 unspecified atom stereocenters. The number of carbonyl (C=O) groups is 1. The van der Waals surface area contributed by atoms with Gasteiger partial charge in [0.25, 0.3) is 5.91 Å². The summed E-state index contributed by atoms with van der Waals surface area (Å²) in [5, 5.41) is 3.00. The predicted octanol–water partition coefficient (Wildman–Crippen LogP) is 3.20. The fourth-order valence-electron chi connectivity index (χ4n) is 2.35. The molecule has 0 atom stereocenters. The Bertz CT molecular complexity index is 411. The lowest BCUT2D eigenvalue weighted by Gasteiger charge is -2.23. The second kappa shape index (κ2) is 5.30. The van der Waals surface area contributed by atoms with E-state index in [0.717, 1.165) is 18.4 Å². The normalized spacial score (nSPS) is 16.8. The summed E-state index contributed by atoms with van der Waals surface area (Å²) in [6.45, 7) is 1.83. The van der Waals surface area contributed by atoms with Crippen LogP contribution in [0.4, 0.5) is 4.39 Å². The second-order valence-electron chi connectivity index (χ2n) is 4.77. The van der Waals surface area contributed by atoms with Gasteiger partial charge in [-0.1, -0.05) is 25.3 Å². The molecule has 1 aromatic rings. The van der Waals surface area contributed by atoms with Gasteiger partial charge in [0.1, 0.15) is 5.82 Å². The van der Waals surface area contributed by atoms with Crippen molar-refractivity contribution in [2.45, 2.75) is 45.1 Å². The van der Waals surface area contributed by atoms with Crippen LogP contribution in [0.2, 0.25) is 0 Å². The smallest absolute Gasteiger partial charge is 0.251 e. The average Bonchev–Trinajstić information content (AvgIpc) is 2.33. The van der Waals surface area contributed by atoms with Crippen molar-refractivity contribution in [1.82, 2.24) is 5.32 Å². The summed E-state index contributed by atoms with van der Waals surface area (Å²) < 4.78 is 13.1. The van der Waals surface area contributed by atoms with Crippen molar-refractivity contribution in [1.29, 1.82) is 0 Å². The number of amides is 1. The third kappa shape index (κ3) is 3.05. The minimum Gasteiger partial charge on any atom is -0.349 e. The van der Waals surface area contributed by atoms with Crippen molar-refractivity contribution < 1.29 is 9.18 Å². The monoisotopic (exact) mass is 235 g/mol. The molecule has 1 aromatic carbocycles. The Hall–Kier alpha value is -1.38. The Labute approximate surface area is 101 Å². The Morgan fingerprint density at radius 1 is 1.29 bits per heavy atom. The van der Waals surface area contributed by atoms with Crippen LogP contribution < -0.4 is 5.32 Å². The molecule has 1 N–H and O–H groups in total. The number of nitrogens with one attached hydrogen (secondary N) is 1. The minimum absolute atomic E-state index is 0.145. The van der Waals surface area contributed by atoms with Crippen molar-refractivity contribution in [3.8, 4) is 0 Å². The maximum Gasteiger partial charge on any atom is 0.251 e. The summed E-state index contributed by atoms with van der Waals surface area (Å²) in [6.07, 6.45) is 5.69. The first-order chi connectivity index (χ1) is 8.16. The van der Waals surface area contributed by atoms with Crippen LogP contribution in [0.3, 0.4) is 0 Å². The van der Waals surface area contributed by atoms with E-state index in [1.54, 1.807) is 6.07 Å². The molecule has 1 fully saturated rings. The minimum atomic E-state index is -0.357. The molecule has 0 saturated heterocycles. The van der Waals surface area contributed by atoms with Gasteiger partial charge in [-0.05, 0) is 37.5 Å². The first kappa shape index (κ1) is 12.1. The zero-order valence-electron chi connectivity index (χ0n) is 10.1. The van der Waals surface area contributed by atoms with Crippen molar-refractivity contribution >= 4 is 5.91 Å². The van der Waals surface area contributed by atoms with Crippen molar-refractivity contribution in [2.75, 3.05) is 0 Å². The van der Waals surface area contributed by atoms with E-state index in [1.807, 2.05) is 6.92 Å². The molecular formula is C14H18FNO. The lowest BCUT2D eigenvalue weighted by Crippen LogP contribution is -2.36. The fraction of sp³-hybridized carbons (Fsp3) is 0.500. The second-order valence-corrected chi connectivity index (χ2v) is 4.77. The van der Waals surface area contributed by atoms with Gasteiger partial charge < -0.3 is 5.32 Å². The van der Waals surface area contributed by atoms with E-state index in [2.05, 4.69) is 5.32 Å². The van der Waals surface area contributed by atoms with Gasteiger partial charge in [-0.15, -0.1) is 0 Å². The molecule has 2 nitrogen and oxygen atoms in total. The highest BCUT2D eigenvalue weighted by Crippen LogP contribution is 2.18. The number of hydrogen-bond acceptors (Lipinski definition) is 1. The van der Waals surface area contributed by atoms with E-state index in [-0.39, 0.29) is 17.8 Å². The van der Waals surface area contributed by atoms with E-state index >= 15 is 0 Å². The molecule has 1 aliphatic rings. The molecule has 1 amide bonds. The SMILES string of the molecule is Cc1ccc(F)cc1C(=O)NC1CCCCC1. The molecule has 0 heterocycles. The largest absolute Gasteiger partial charge is 0.349 e. The fourth-order valence-corrected chi connectivity index (χ4v) is 2.35. The lowest BCUT2D eigenvalue weighted by atomic mass is 9.95. The highest BCUT2D eigenvalue weighted by atomic mass is 19.1. The number of halogens is 1. The van der Waals surface area contributed by atoms with Crippen LogP contribution in [0.15, 0.2) is 18.2 Å². The summed E-state index contributed by atoms with van der Waals surface area (Å²) >= 11 is 0. The summed E-state index contributed by atoms with van der Waals surface area (Å²) in [6, 6.07) is 4.60. The van der Waals surface area contributed by atoms with E-state index in [9.17, 15) is 9.18 Å². The Morgan fingerprint density at radius 3 is 2.71 bits per heavy atom. The summed E-state index contributed by atoms with van der Waals surface area (Å²) in [7, 11) is 0. The Kier molecular flexibility index (Phi) is 3.77. The van der Waals surface area contributed by atoms with Gasteiger partial charge >= 0.3 is 0 Å².